The number of primary amides is 1. The predicted molar refractivity (Wildman–Crippen MR) is 55.0 cm³/mol. The van der Waals surface area contributed by atoms with Crippen molar-refractivity contribution in [3.63, 3.8) is 0 Å². The van der Waals surface area contributed by atoms with Crippen LogP contribution in [0.3, 0.4) is 0 Å². The average Bonchev–Trinajstić information content (AvgIpc) is 2.66. The molecule has 0 bridgehead atoms. The number of amides is 1. The highest BCUT2D eigenvalue weighted by Gasteiger charge is 2.19. The van der Waals surface area contributed by atoms with Crippen molar-refractivity contribution in [1.82, 2.24) is 15.4 Å². The van der Waals surface area contributed by atoms with Crippen LogP contribution in [0, 0.1) is 12.7 Å². The van der Waals surface area contributed by atoms with Gasteiger partial charge in [-0.2, -0.15) is 15.4 Å². The summed E-state index contributed by atoms with van der Waals surface area (Å²) in [5.41, 5.74) is 6.10. The molecular formula is C10H9FN4O. The fourth-order valence-corrected chi connectivity index (χ4v) is 1.51. The standard InChI is InChI=1S/C10H9FN4O/c1-5-3-2-4-6(11)7(5)8-9(10(12)16)14-15-13-8/h2-4H,1H3,(H2,12,16)(H,13,14,15). The van der Waals surface area contributed by atoms with Gasteiger partial charge in [0.1, 0.15) is 11.5 Å². The second-order valence-corrected chi connectivity index (χ2v) is 3.32. The second-order valence-electron chi connectivity index (χ2n) is 3.32. The number of benzene rings is 1. The number of nitrogens with zero attached hydrogens (tertiary/aromatic N) is 2. The zero-order valence-electron chi connectivity index (χ0n) is 8.49. The summed E-state index contributed by atoms with van der Waals surface area (Å²) in [6, 6.07) is 4.60. The Balaban J connectivity index is 2.68. The third-order valence-electron chi connectivity index (χ3n) is 2.24. The minimum absolute atomic E-state index is 0.0619. The Hall–Kier alpha value is -2.24. The second kappa shape index (κ2) is 3.73. The summed E-state index contributed by atoms with van der Waals surface area (Å²) in [5, 5.41) is 9.61. The Morgan fingerprint density at radius 2 is 2.19 bits per heavy atom. The van der Waals surface area contributed by atoms with E-state index in [9.17, 15) is 9.18 Å². The van der Waals surface area contributed by atoms with E-state index in [1.165, 1.54) is 6.07 Å². The lowest BCUT2D eigenvalue weighted by Crippen LogP contribution is -2.13. The number of aryl methyl sites for hydroxylation is 1. The van der Waals surface area contributed by atoms with Crippen LogP contribution in [0.5, 0.6) is 0 Å². The van der Waals surface area contributed by atoms with E-state index in [1.54, 1.807) is 19.1 Å². The predicted octanol–water partition coefficient (Wildman–Crippen LogP) is 1.02. The summed E-state index contributed by atoms with van der Waals surface area (Å²) in [4.78, 5) is 11.1. The molecule has 0 saturated heterocycles. The fraction of sp³-hybridized carbons (Fsp3) is 0.100. The van der Waals surface area contributed by atoms with E-state index in [4.69, 9.17) is 5.73 Å². The quantitative estimate of drug-likeness (QED) is 0.792. The molecule has 0 aliphatic carbocycles. The highest BCUT2D eigenvalue weighted by atomic mass is 19.1. The van der Waals surface area contributed by atoms with Crippen LogP contribution in [-0.2, 0) is 0 Å². The van der Waals surface area contributed by atoms with Crippen LogP contribution >= 0.6 is 0 Å². The highest BCUT2D eigenvalue weighted by Crippen LogP contribution is 2.26. The Bertz CT molecular complexity index is 529. The number of carbonyl (C=O) groups is 1. The van der Waals surface area contributed by atoms with Gasteiger partial charge in [-0.05, 0) is 18.6 Å². The summed E-state index contributed by atoms with van der Waals surface area (Å²) in [6.07, 6.45) is 0. The number of nitrogens with two attached hydrogens (primary N) is 1. The van der Waals surface area contributed by atoms with Gasteiger partial charge in [0.15, 0.2) is 5.69 Å². The van der Waals surface area contributed by atoms with Crippen LogP contribution in [0.1, 0.15) is 16.1 Å². The van der Waals surface area contributed by atoms with Crippen LogP contribution in [0.4, 0.5) is 4.39 Å². The zero-order valence-corrected chi connectivity index (χ0v) is 8.49. The van der Waals surface area contributed by atoms with Gasteiger partial charge in [-0.3, -0.25) is 4.79 Å². The smallest absolute Gasteiger partial charge is 0.271 e. The van der Waals surface area contributed by atoms with Crippen molar-refractivity contribution in [2.45, 2.75) is 6.92 Å². The number of aromatic nitrogens is 3. The number of halogens is 1. The molecule has 1 aromatic heterocycles. The molecule has 0 radical (unpaired) electrons. The lowest BCUT2D eigenvalue weighted by molar-refractivity contribution is 0.0996. The molecule has 0 aliphatic heterocycles. The monoisotopic (exact) mass is 220 g/mol. The molecular weight excluding hydrogens is 211 g/mol. The number of hydrogen-bond acceptors (Lipinski definition) is 3. The van der Waals surface area contributed by atoms with Crippen LogP contribution < -0.4 is 5.73 Å². The van der Waals surface area contributed by atoms with Gasteiger partial charge in [0.25, 0.3) is 5.91 Å². The summed E-state index contributed by atoms with van der Waals surface area (Å²) in [7, 11) is 0. The van der Waals surface area contributed by atoms with Crippen molar-refractivity contribution in [1.29, 1.82) is 0 Å². The van der Waals surface area contributed by atoms with E-state index >= 15 is 0 Å². The van der Waals surface area contributed by atoms with E-state index in [0.29, 0.717) is 5.56 Å². The molecule has 1 aromatic carbocycles. The van der Waals surface area contributed by atoms with E-state index in [2.05, 4.69) is 15.4 Å². The van der Waals surface area contributed by atoms with E-state index < -0.39 is 11.7 Å². The first-order valence-corrected chi connectivity index (χ1v) is 4.57. The highest BCUT2D eigenvalue weighted by molar-refractivity contribution is 5.97. The summed E-state index contributed by atoms with van der Waals surface area (Å²) in [5.74, 6) is -1.21. The molecule has 1 heterocycles. The van der Waals surface area contributed by atoms with Crippen molar-refractivity contribution in [2.24, 2.45) is 5.73 Å². The van der Waals surface area contributed by atoms with Crippen LogP contribution in [0.2, 0.25) is 0 Å². The zero-order chi connectivity index (χ0) is 11.7. The van der Waals surface area contributed by atoms with Crippen molar-refractivity contribution in [3.8, 4) is 11.3 Å². The summed E-state index contributed by atoms with van der Waals surface area (Å²) in [6.45, 7) is 1.72. The van der Waals surface area contributed by atoms with Gasteiger partial charge in [-0.15, -0.1) is 0 Å². The lowest BCUT2D eigenvalue weighted by Gasteiger charge is -2.04. The van der Waals surface area contributed by atoms with Gasteiger partial charge < -0.3 is 5.73 Å². The molecule has 16 heavy (non-hydrogen) atoms. The number of nitrogens with one attached hydrogen (secondary N) is 1. The molecule has 2 rings (SSSR count). The first kappa shape index (κ1) is 10.3. The number of hydrogen-bond donors (Lipinski definition) is 2. The molecule has 0 spiro atoms. The van der Waals surface area contributed by atoms with Gasteiger partial charge in [0.2, 0.25) is 0 Å². The number of aromatic amines is 1. The SMILES string of the molecule is Cc1cccc(F)c1-c1n[nH]nc1C(N)=O. The average molecular weight is 220 g/mol. The topological polar surface area (TPSA) is 84.7 Å². The van der Waals surface area contributed by atoms with Crippen molar-refractivity contribution >= 4 is 5.91 Å². The third kappa shape index (κ3) is 1.54. The number of rotatable bonds is 2. The van der Waals surface area contributed by atoms with Gasteiger partial charge in [-0.25, -0.2) is 4.39 Å². The van der Waals surface area contributed by atoms with Crippen molar-refractivity contribution in [3.05, 3.63) is 35.3 Å². The molecule has 2 aromatic rings. The van der Waals surface area contributed by atoms with Gasteiger partial charge in [0, 0.05) is 5.56 Å². The Morgan fingerprint density at radius 3 is 2.81 bits per heavy atom. The molecule has 0 unspecified atom stereocenters. The number of carbonyl (C=O) groups excluding carboxylic acids is 1. The normalized spacial score (nSPS) is 10.4. The van der Waals surface area contributed by atoms with E-state index in [1.807, 2.05) is 0 Å². The Morgan fingerprint density at radius 1 is 1.44 bits per heavy atom. The molecule has 0 fully saturated rings. The van der Waals surface area contributed by atoms with Gasteiger partial charge in [0.05, 0.1) is 0 Å². The van der Waals surface area contributed by atoms with Gasteiger partial charge >= 0.3 is 0 Å². The molecule has 0 atom stereocenters. The minimum atomic E-state index is -0.744. The number of H-pyrrole nitrogens is 1. The molecule has 1 amide bonds. The van der Waals surface area contributed by atoms with Crippen LogP contribution in [-0.4, -0.2) is 21.3 Å². The third-order valence-corrected chi connectivity index (χ3v) is 2.24. The molecule has 3 N–H and O–H groups in total. The maximum Gasteiger partial charge on any atom is 0.271 e. The molecule has 82 valence electrons. The Kier molecular flexibility index (Phi) is 2.40. The first-order valence-electron chi connectivity index (χ1n) is 4.57. The fourth-order valence-electron chi connectivity index (χ4n) is 1.51. The maximum absolute atomic E-state index is 13.6. The summed E-state index contributed by atoms with van der Waals surface area (Å²) >= 11 is 0. The van der Waals surface area contributed by atoms with Gasteiger partial charge in [-0.1, -0.05) is 12.1 Å². The van der Waals surface area contributed by atoms with E-state index in [-0.39, 0.29) is 17.0 Å². The molecule has 6 heteroatoms. The van der Waals surface area contributed by atoms with Crippen LogP contribution in [0.15, 0.2) is 18.2 Å². The molecule has 5 nitrogen and oxygen atoms in total. The largest absolute Gasteiger partial charge is 0.364 e. The Labute approximate surface area is 90.5 Å². The van der Waals surface area contributed by atoms with Crippen molar-refractivity contribution in [2.75, 3.05) is 0 Å². The van der Waals surface area contributed by atoms with E-state index in [0.717, 1.165) is 0 Å². The summed E-state index contributed by atoms with van der Waals surface area (Å²) < 4.78 is 13.6. The van der Waals surface area contributed by atoms with Crippen LogP contribution in [0.25, 0.3) is 11.3 Å². The molecule has 0 saturated carbocycles. The minimum Gasteiger partial charge on any atom is -0.364 e. The molecule has 0 aliphatic rings. The first-order chi connectivity index (χ1) is 7.61. The maximum atomic E-state index is 13.6. The van der Waals surface area contributed by atoms with Crippen molar-refractivity contribution < 1.29 is 9.18 Å². The lowest BCUT2D eigenvalue weighted by atomic mass is 10.0.